The Morgan fingerprint density at radius 2 is 2.04 bits per heavy atom. The molecule has 2 aliphatic heterocycles. The van der Waals surface area contributed by atoms with Crippen LogP contribution in [0.25, 0.3) is 11.8 Å². The number of aromatic nitrogens is 1. The number of anilines is 1. The second-order valence-electron chi connectivity index (χ2n) is 5.24. The highest BCUT2D eigenvalue weighted by Crippen LogP contribution is 2.48. The van der Waals surface area contributed by atoms with Crippen molar-refractivity contribution in [1.82, 2.24) is 4.57 Å². The number of aliphatic hydroxyl groups is 1. The summed E-state index contributed by atoms with van der Waals surface area (Å²) in [6.45, 7) is -0.432. The summed E-state index contributed by atoms with van der Waals surface area (Å²) in [6, 6.07) is 7.95. The Morgan fingerprint density at radius 1 is 1.25 bits per heavy atom. The molecule has 1 aromatic heterocycles. The van der Waals surface area contributed by atoms with Crippen LogP contribution in [0.4, 0.5) is 5.69 Å². The number of hydrogen-bond donors (Lipinski definition) is 2. The number of carboxylic acid groups (broad SMARTS) is 1. The number of allylic oxidation sites excluding steroid dienone is 1. The van der Waals surface area contributed by atoms with E-state index in [1.807, 2.05) is 41.3 Å². The summed E-state index contributed by atoms with van der Waals surface area (Å²) in [5.41, 5.74) is 1.63. The maximum absolute atomic E-state index is 11.2. The van der Waals surface area contributed by atoms with Crippen molar-refractivity contribution in [2.75, 3.05) is 11.5 Å². The third-order valence-electron chi connectivity index (χ3n) is 3.83. The molecular weight excluding hydrogens is 364 g/mol. The van der Waals surface area contributed by atoms with Gasteiger partial charge in [-0.1, -0.05) is 23.9 Å². The normalized spacial score (nSPS) is 15.1. The van der Waals surface area contributed by atoms with Crippen molar-refractivity contribution in [3.63, 3.8) is 0 Å². The summed E-state index contributed by atoms with van der Waals surface area (Å²) < 4.78 is 2.94. The Bertz CT molecular complexity index is 1060. The molecule has 0 saturated carbocycles. The number of aliphatic hydroxyl groups excluding tert-OH is 1. The number of hydrogen-bond acceptors (Lipinski definition) is 6. The van der Waals surface area contributed by atoms with E-state index in [0.717, 1.165) is 20.1 Å². The molecule has 2 N–H and O–H groups in total. The standard InChI is InChI=1S/C16H12N2O3S3/c19-8-10-15-12(24-16(22)17(15)7-14(20)21)5-6-13-18(10)9-3-1-2-4-11(9)23-13/h1-6,19H,7-8H2,(H,20,21). The molecular formula is C16H12N2O3S3. The van der Waals surface area contributed by atoms with Gasteiger partial charge >= 0.3 is 5.97 Å². The number of para-hydroxylation sites is 1. The second kappa shape index (κ2) is 5.89. The Hall–Kier alpha value is -1.87. The highest BCUT2D eigenvalue weighted by molar-refractivity contribution is 8.03. The van der Waals surface area contributed by atoms with Crippen LogP contribution in [0, 0.1) is 3.95 Å². The number of nitrogens with zero attached hydrogens (tertiary/aromatic N) is 2. The van der Waals surface area contributed by atoms with Gasteiger partial charge in [-0.25, -0.2) is 0 Å². The van der Waals surface area contributed by atoms with Crippen LogP contribution in [-0.4, -0.2) is 27.4 Å². The molecule has 0 amide bonds. The fourth-order valence-corrected chi connectivity index (χ4v) is 5.31. The van der Waals surface area contributed by atoms with Gasteiger partial charge in [0.25, 0.3) is 0 Å². The van der Waals surface area contributed by atoms with E-state index in [9.17, 15) is 15.0 Å². The molecule has 0 unspecified atom stereocenters. The zero-order chi connectivity index (χ0) is 16.8. The fourth-order valence-electron chi connectivity index (χ4n) is 2.90. The summed E-state index contributed by atoms with van der Waals surface area (Å²) in [6.07, 6.45) is 3.93. The van der Waals surface area contributed by atoms with Crippen molar-refractivity contribution in [3.05, 3.63) is 49.2 Å². The van der Waals surface area contributed by atoms with E-state index in [1.165, 1.54) is 11.3 Å². The minimum Gasteiger partial charge on any atom is -0.480 e. The summed E-state index contributed by atoms with van der Waals surface area (Å²) in [5, 5.41) is 21.0. The molecule has 24 heavy (non-hydrogen) atoms. The van der Waals surface area contributed by atoms with E-state index in [4.69, 9.17) is 12.2 Å². The highest BCUT2D eigenvalue weighted by atomic mass is 32.2. The monoisotopic (exact) mass is 376 g/mol. The zero-order valence-electron chi connectivity index (χ0n) is 12.3. The number of fused-ring (bicyclic) bond motifs is 4. The van der Waals surface area contributed by atoms with Crippen LogP contribution in [0.5, 0.6) is 0 Å². The molecule has 0 aliphatic carbocycles. The van der Waals surface area contributed by atoms with E-state index in [0.29, 0.717) is 15.0 Å². The van der Waals surface area contributed by atoms with Crippen LogP contribution in [0.2, 0.25) is 0 Å². The molecule has 0 fully saturated rings. The van der Waals surface area contributed by atoms with Gasteiger partial charge in [-0.2, -0.15) is 0 Å². The average molecular weight is 376 g/mol. The van der Waals surface area contributed by atoms with E-state index in [1.54, 1.807) is 16.3 Å². The second-order valence-corrected chi connectivity index (χ2v) is 7.98. The quantitative estimate of drug-likeness (QED) is 0.795. The molecule has 0 spiro atoms. The molecule has 0 atom stereocenters. The van der Waals surface area contributed by atoms with Gasteiger partial charge in [0.2, 0.25) is 0 Å². The van der Waals surface area contributed by atoms with E-state index in [-0.39, 0.29) is 13.2 Å². The number of carbonyl (C=O) groups is 1. The van der Waals surface area contributed by atoms with Gasteiger partial charge in [-0.15, -0.1) is 11.3 Å². The molecule has 0 radical (unpaired) electrons. The lowest BCUT2D eigenvalue weighted by Crippen LogP contribution is -2.38. The average Bonchev–Trinajstić information content (AvgIpc) is 3.01. The predicted octanol–water partition coefficient (Wildman–Crippen LogP) is 1.71. The minimum absolute atomic E-state index is 0.210. The number of rotatable bonds is 3. The van der Waals surface area contributed by atoms with Crippen LogP contribution in [0.3, 0.4) is 0 Å². The SMILES string of the molecule is O=C(O)Cn1c(=S)sc2c1=C(CO)N1C(=CC=2)Sc2ccccc21. The third-order valence-corrected chi connectivity index (χ3v) is 6.33. The van der Waals surface area contributed by atoms with Crippen molar-refractivity contribution in [2.24, 2.45) is 0 Å². The fraction of sp³-hybridized carbons (Fsp3) is 0.125. The molecule has 0 saturated heterocycles. The third kappa shape index (κ3) is 2.34. The summed E-state index contributed by atoms with van der Waals surface area (Å²) in [5.74, 6) is -0.961. The molecule has 1 aromatic carbocycles. The number of thioether (sulfide) groups is 1. The molecule has 4 rings (SSSR count). The summed E-state index contributed by atoms with van der Waals surface area (Å²) in [7, 11) is 0. The van der Waals surface area contributed by atoms with Gasteiger partial charge in [0.05, 0.1) is 32.9 Å². The van der Waals surface area contributed by atoms with Gasteiger partial charge < -0.3 is 19.7 Å². The van der Waals surface area contributed by atoms with Gasteiger partial charge in [0.1, 0.15) is 6.54 Å². The summed E-state index contributed by atoms with van der Waals surface area (Å²) in [4.78, 5) is 14.3. The van der Waals surface area contributed by atoms with Gasteiger partial charge in [-0.05, 0) is 36.5 Å². The van der Waals surface area contributed by atoms with Gasteiger partial charge in [0, 0.05) is 4.90 Å². The van der Waals surface area contributed by atoms with Crippen molar-refractivity contribution < 1.29 is 15.0 Å². The van der Waals surface area contributed by atoms with Gasteiger partial charge in [0.15, 0.2) is 3.95 Å². The summed E-state index contributed by atoms with van der Waals surface area (Å²) >= 11 is 8.33. The van der Waals surface area contributed by atoms with Crippen LogP contribution in [-0.2, 0) is 11.3 Å². The predicted molar refractivity (Wildman–Crippen MR) is 97.8 cm³/mol. The van der Waals surface area contributed by atoms with Crippen molar-refractivity contribution >= 4 is 58.7 Å². The Morgan fingerprint density at radius 3 is 2.79 bits per heavy atom. The van der Waals surface area contributed by atoms with Crippen molar-refractivity contribution in [3.8, 4) is 0 Å². The van der Waals surface area contributed by atoms with Crippen LogP contribution < -0.4 is 14.8 Å². The molecule has 2 aromatic rings. The Kier molecular flexibility index (Phi) is 3.84. The topological polar surface area (TPSA) is 65.7 Å². The first-order valence-electron chi connectivity index (χ1n) is 7.14. The zero-order valence-corrected chi connectivity index (χ0v) is 14.7. The molecule has 3 heterocycles. The molecule has 8 heteroatoms. The van der Waals surface area contributed by atoms with Gasteiger partial charge in [-0.3, -0.25) is 4.79 Å². The first-order valence-corrected chi connectivity index (χ1v) is 9.19. The van der Waals surface area contributed by atoms with Crippen molar-refractivity contribution in [2.45, 2.75) is 11.4 Å². The maximum atomic E-state index is 11.2. The number of thiazole rings is 1. The number of aliphatic carboxylic acids is 1. The minimum atomic E-state index is -0.961. The van der Waals surface area contributed by atoms with E-state index >= 15 is 0 Å². The lowest BCUT2D eigenvalue weighted by atomic mass is 10.2. The number of carboxylic acids is 1. The Balaban J connectivity index is 2.07. The first kappa shape index (κ1) is 15.6. The molecule has 2 aliphatic rings. The smallest absolute Gasteiger partial charge is 0.323 e. The lowest BCUT2D eigenvalue weighted by Gasteiger charge is -2.22. The van der Waals surface area contributed by atoms with E-state index < -0.39 is 5.97 Å². The largest absolute Gasteiger partial charge is 0.480 e. The van der Waals surface area contributed by atoms with E-state index in [2.05, 4.69) is 0 Å². The number of benzene rings is 1. The molecule has 0 bridgehead atoms. The highest BCUT2D eigenvalue weighted by Gasteiger charge is 2.29. The van der Waals surface area contributed by atoms with Crippen molar-refractivity contribution in [1.29, 1.82) is 0 Å². The van der Waals surface area contributed by atoms with Crippen LogP contribution in [0.1, 0.15) is 0 Å². The molecule has 5 nitrogen and oxygen atoms in total. The maximum Gasteiger partial charge on any atom is 0.323 e. The van der Waals surface area contributed by atoms with Crippen LogP contribution in [0.15, 0.2) is 40.3 Å². The Labute approximate surface area is 150 Å². The molecule has 122 valence electrons. The first-order chi connectivity index (χ1) is 11.6. The lowest BCUT2D eigenvalue weighted by molar-refractivity contribution is -0.137. The van der Waals surface area contributed by atoms with Crippen LogP contribution >= 0.6 is 35.3 Å².